The van der Waals surface area contributed by atoms with Crippen LogP contribution in [-0.4, -0.2) is 94.1 Å². The highest BCUT2D eigenvalue weighted by molar-refractivity contribution is 7.99. The van der Waals surface area contributed by atoms with Crippen molar-refractivity contribution in [3.8, 4) is 0 Å². The van der Waals surface area contributed by atoms with Gasteiger partial charge in [0.15, 0.2) is 5.78 Å². The normalized spacial score (nSPS) is 15.5. The lowest BCUT2D eigenvalue weighted by Crippen LogP contribution is -2.56. The van der Waals surface area contributed by atoms with Crippen LogP contribution in [0.4, 0.5) is 0 Å². The van der Waals surface area contributed by atoms with Gasteiger partial charge >= 0.3 is 5.97 Å². The summed E-state index contributed by atoms with van der Waals surface area (Å²) in [4.78, 5) is 60.7. The Morgan fingerprint density at radius 2 is 1.41 bits per heavy atom. The van der Waals surface area contributed by atoms with Gasteiger partial charge in [0.2, 0.25) is 17.7 Å². The summed E-state index contributed by atoms with van der Waals surface area (Å²) >= 11 is 1.50. The van der Waals surface area contributed by atoms with E-state index in [1.165, 1.54) is 18.7 Å². The van der Waals surface area contributed by atoms with Crippen molar-refractivity contribution >= 4 is 41.2 Å². The van der Waals surface area contributed by atoms with Crippen molar-refractivity contribution in [1.82, 2.24) is 21.3 Å². The third kappa shape index (κ3) is 14.3. The first-order valence-electron chi connectivity index (χ1n) is 12.6. The highest BCUT2D eigenvalue weighted by Gasteiger charge is 2.29. The van der Waals surface area contributed by atoms with E-state index in [2.05, 4.69) is 21.3 Å². The van der Waals surface area contributed by atoms with Crippen molar-refractivity contribution in [2.24, 2.45) is 11.7 Å². The van der Waals surface area contributed by atoms with E-state index in [0.717, 1.165) is 0 Å². The fourth-order valence-electron chi connectivity index (χ4n) is 3.52. The molecule has 0 aromatic carbocycles. The number of carboxylic acids is 1. The number of hydrogen-bond acceptors (Lipinski definition) is 9. The Morgan fingerprint density at radius 3 is 1.84 bits per heavy atom. The molecule has 0 saturated carbocycles. The summed E-state index contributed by atoms with van der Waals surface area (Å²) in [6.45, 7) is 10.8. The number of aliphatic hydroxyl groups is 1. The number of ketones is 1. The average Bonchev–Trinajstić information content (AvgIpc) is 2.78. The number of carboxylic acid groups (broad SMARTS) is 1. The van der Waals surface area contributed by atoms with E-state index < -0.39 is 60.4 Å². The fourth-order valence-corrected chi connectivity index (χ4v) is 4.53. The van der Waals surface area contributed by atoms with Crippen molar-refractivity contribution in [2.45, 2.75) is 97.1 Å². The van der Waals surface area contributed by atoms with Gasteiger partial charge in [0, 0.05) is 12.0 Å². The van der Waals surface area contributed by atoms with Crippen molar-refractivity contribution in [2.75, 3.05) is 18.1 Å². The molecule has 0 unspecified atom stereocenters. The van der Waals surface area contributed by atoms with Gasteiger partial charge in [-0.2, -0.15) is 11.8 Å². The molecule has 8 N–H and O–H groups in total. The molecule has 13 heteroatoms. The zero-order valence-electron chi connectivity index (χ0n) is 22.7. The number of likely N-dealkylation sites (N-methyl/N-ethyl adjacent to an activating group) is 1. The molecular weight excluding hydrogens is 502 g/mol. The van der Waals surface area contributed by atoms with Crippen LogP contribution < -0.4 is 27.0 Å². The lowest BCUT2D eigenvalue weighted by atomic mass is 9.99. The van der Waals surface area contributed by atoms with Crippen LogP contribution in [0.15, 0.2) is 0 Å². The first-order valence-corrected chi connectivity index (χ1v) is 13.8. The van der Waals surface area contributed by atoms with Crippen molar-refractivity contribution < 1.29 is 34.2 Å². The maximum atomic E-state index is 12.7. The van der Waals surface area contributed by atoms with E-state index in [1.54, 1.807) is 20.8 Å². The Hall–Kier alpha value is -2.22. The van der Waals surface area contributed by atoms with Crippen LogP contribution in [-0.2, 0) is 24.0 Å². The van der Waals surface area contributed by atoms with E-state index in [1.807, 2.05) is 13.8 Å². The Kier molecular flexibility index (Phi) is 17.0. The summed E-state index contributed by atoms with van der Waals surface area (Å²) in [6.07, 6.45) is -0.770. The van der Waals surface area contributed by atoms with Gasteiger partial charge < -0.3 is 37.2 Å². The van der Waals surface area contributed by atoms with Crippen molar-refractivity contribution in [1.29, 1.82) is 0 Å². The average molecular weight is 548 g/mol. The molecule has 0 aromatic rings. The number of amides is 3. The van der Waals surface area contributed by atoms with Crippen LogP contribution in [0.25, 0.3) is 0 Å². The van der Waals surface area contributed by atoms with Crippen LogP contribution >= 0.6 is 11.8 Å². The summed E-state index contributed by atoms with van der Waals surface area (Å²) in [5.74, 6) is -2.33. The molecule has 0 aliphatic carbocycles. The van der Waals surface area contributed by atoms with Crippen LogP contribution in [0.3, 0.4) is 0 Å². The van der Waals surface area contributed by atoms with E-state index in [9.17, 15) is 29.1 Å². The molecule has 3 amide bonds. The zero-order valence-corrected chi connectivity index (χ0v) is 23.5. The number of thioether (sulfide) groups is 1. The molecular formula is C24H45N5O7S. The minimum Gasteiger partial charge on any atom is -0.481 e. The summed E-state index contributed by atoms with van der Waals surface area (Å²) in [5, 5.41) is 29.9. The zero-order chi connectivity index (χ0) is 28.7. The number of rotatable bonds is 20. The number of nitrogens with one attached hydrogen (secondary N) is 4. The molecule has 0 fully saturated rings. The smallest absolute Gasteiger partial charge is 0.305 e. The monoisotopic (exact) mass is 547 g/mol. The van der Waals surface area contributed by atoms with Gasteiger partial charge in [-0.05, 0) is 37.8 Å². The topological polar surface area (TPSA) is 200 Å². The van der Waals surface area contributed by atoms with E-state index in [-0.39, 0.29) is 17.7 Å². The summed E-state index contributed by atoms with van der Waals surface area (Å²) in [6, 6.07) is -3.54. The van der Waals surface area contributed by atoms with Gasteiger partial charge in [-0.3, -0.25) is 24.0 Å². The molecule has 0 rings (SSSR count). The molecule has 0 spiro atoms. The molecule has 37 heavy (non-hydrogen) atoms. The number of primary amides is 1. The third-order valence-electron chi connectivity index (χ3n) is 5.41. The van der Waals surface area contributed by atoms with E-state index in [0.29, 0.717) is 30.9 Å². The number of aliphatic hydroxyl groups excluding tert-OH is 1. The lowest BCUT2D eigenvalue weighted by molar-refractivity contribution is -0.140. The second kappa shape index (κ2) is 18.1. The van der Waals surface area contributed by atoms with Gasteiger partial charge in [-0.15, -0.1) is 0 Å². The third-order valence-corrected chi connectivity index (χ3v) is 6.46. The Labute approximate surface area is 223 Å². The maximum Gasteiger partial charge on any atom is 0.305 e. The van der Waals surface area contributed by atoms with Gasteiger partial charge in [-0.25, -0.2) is 0 Å². The molecule has 12 nitrogen and oxygen atoms in total. The first kappa shape index (κ1) is 34.8. The highest BCUT2D eigenvalue weighted by atomic mass is 32.2. The van der Waals surface area contributed by atoms with Crippen LogP contribution in [0, 0.1) is 5.92 Å². The Morgan fingerprint density at radius 1 is 0.865 bits per heavy atom. The Balaban J connectivity index is 5.07. The van der Waals surface area contributed by atoms with Crippen LogP contribution in [0.5, 0.6) is 0 Å². The predicted octanol–water partition coefficient (Wildman–Crippen LogP) is -0.620. The number of nitrogens with two attached hydrogens (primary N) is 1. The van der Waals surface area contributed by atoms with Crippen LogP contribution in [0.2, 0.25) is 0 Å². The second-order valence-electron chi connectivity index (χ2n) is 9.52. The quantitative estimate of drug-likeness (QED) is 0.0963. The minimum atomic E-state index is -1.20. The number of hydrogen-bond donors (Lipinski definition) is 7. The Bertz CT molecular complexity index is 764. The lowest BCUT2D eigenvalue weighted by Gasteiger charge is -2.25. The van der Waals surface area contributed by atoms with E-state index in [4.69, 9.17) is 10.8 Å². The standard InChI is InChI=1S/C24H45N5O7S/c1-7-26-18(12-19(31)32)24(36)28-16(21(33)13(2)3)8-10-37-11-9-17(27-14(4)5)23(35)29-20(15(6)30)22(25)34/h13-18,20,26-27,30H,7-12H2,1-6H3,(H2,25,34)(H,28,36)(H,29,35)(H,31,32)/t15-,16+,17+,18+,20+/m1/s1. The number of carbonyl (C=O) groups excluding carboxylic acids is 4. The molecule has 0 aromatic heterocycles. The van der Waals surface area contributed by atoms with Gasteiger partial charge in [0.25, 0.3) is 0 Å². The molecule has 0 aliphatic heterocycles. The van der Waals surface area contributed by atoms with Gasteiger partial charge in [0.1, 0.15) is 6.04 Å². The minimum absolute atomic E-state index is 0.0157. The molecule has 0 heterocycles. The molecule has 0 radical (unpaired) electrons. The fraction of sp³-hybridized carbons (Fsp3) is 0.792. The second-order valence-corrected chi connectivity index (χ2v) is 10.7. The maximum absolute atomic E-state index is 12.7. The number of aliphatic carboxylic acids is 1. The molecule has 0 saturated heterocycles. The molecule has 0 aliphatic rings. The number of carbonyl (C=O) groups is 5. The largest absolute Gasteiger partial charge is 0.481 e. The van der Waals surface area contributed by atoms with Crippen LogP contribution in [0.1, 0.15) is 60.8 Å². The molecule has 5 atom stereocenters. The van der Waals surface area contributed by atoms with Crippen molar-refractivity contribution in [3.05, 3.63) is 0 Å². The number of Topliss-reactive ketones (excluding diaryl/α,β-unsaturated/α-hetero) is 1. The van der Waals surface area contributed by atoms with E-state index >= 15 is 0 Å². The highest BCUT2D eigenvalue weighted by Crippen LogP contribution is 2.13. The first-order chi connectivity index (χ1) is 17.2. The predicted molar refractivity (Wildman–Crippen MR) is 143 cm³/mol. The molecule has 0 bridgehead atoms. The van der Waals surface area contributed by atoms with Crippen molar-refractivity contribution in [3.63, 3.8) is 0 Å². The molecule has 214 valence electrons. The summed E-state index contributed by atoms with van der Waals surface area (Å²) < 4.78 is 0. The van der Waals surface area contributed by atoms with Gasteiger partial charge in [-0.1, -0.05) is 34.6 Å². The summed E-state index contributed by atoms with van der Waals surface area (Å²) in [7, 11) is 0. The SMILES string of the molecule is CCN[C@@H](CC(=O)O)C(=O)N[C@@H](CCSCC[C@H](NC(C)C)C(=O)N[C@H](C(N)=O)[C@@H](C)O)C(=O)C(C)C. The summed E-state index contributed by atoms with van der Waals surface area (Å²) in [5.41, 5.74) is 5.27. The van der Waals surface area contributed by atoms with Gasteiger partial charge in [0.05, 0.1) is 30.7 Å².